The molecule has 2 radical (unpaired) electrons. The van der Waals surface area contributed by atoms with E-state index in [9.17, 15) is 0 Å². The molecule has 34 valence electrons. The van der Waals surface area contributed by atoms with Crippen molar-refractivity contribution < 1.29 is 105 Å². The van der Waals surface area contributed by atoms with Gasteiger partial charge in [-0.1, -0.05) is 0 Å². The minimum atomic E-state index is 0. The van der Waals surface area contributed by atoms with Gasteiger partial charge in [0, 0.05) is 0 Å². The normalized spacial score (nSPS) is 0. The molecular formula is HCe2FO3. The molecule has 0 aliphatic carbocycles. The molecule has 0 aliphatic heterocycles. The van der Waals surface area contributed by atoms with Crippen molar-refractivity contribution in [1.82, 2.24) is 0 Å². The minimum Gasteiger partial charge on any atom is -2.00 e. The molecule has 0 N–H and O–H groups in total. The maximum Gasteiger partial charge on any atom is 3.00 e. The van der Waals surface area contributed by atoms with Crippen LogP contribution in [0.15, 0.2) is 0 Å². The van der Waals surface area contributed by atoms with Crippen molar-refractivity contribution in [3.05, 3.63) is 0 Å². The molecule has 0 heterocycles. The molecular weight excluding hydrogens is 347 g/mol. The fourth-order valence-electron chi connectivity index (χ4n) is 0. The van der Waals surface area contributed by atoms with Gasteiger partial charge in [0.2, 0.25) is 0 Å². The van der Waals surface area contributed by atoms with Crippen LogP contribution in [0.25, 0.3) is 0 Å². The van der Waals surface area contributed by atoms with Crippen molar-refractivity contribution in [2.75, 3.05) is 0 Å². The van der Waals surface area contributed by atoms with E-state index < -0.39 is 0 Å². The summed E-state index contributed by atoms with van der Waals surface area (Å²) >= 11 is 0. The van der Waals surface area contributed by atoms with Gasteiger partial charge < -0.3 is 16.4 Å². The fraction of sp³-hybridized carbons (Fsp3) is 0. The average Bonchev–Trinajstić information content (AvgIpc) is 0. The van der Waals surface area contributed by atoms with Crippen molar-refractivity contribution in [3.8, 4) is 0 Å². The van der Waals surface area contributed by atoms with Crippen LogP contribution in [0.2, 0.25) is 0 Å². The Balaban J connectivity index is 0. The molecule has 0 aromatic carbocycles. The zero-order chi connectivity index (χ0) is 0. The second-order valence-corrected chi connectivity index (χ2v) is 0. The SMILES string of the molecule is F.[Ce+3].[Ce+3].[O-2].[O-2].[O-2]. The largest absolute Gasteiger partial charge is 3.00 e. The van der Waals surface area contributed by atoms with Gasteiger partial charge in [-0.05, 0) is 0 Å². The van der Waals surface area contributed by atoms with E-state index in [0.717, 1.165) is 0 Å². The van der Waals surface area contributed by atoms with Crippen LogP contribution >= 0.6 is 0 Å². The van der Waals surface area contributed by atoms with Crippen LogP contribution in [0.1, 0.15) is 0 Å². The van der Waals surface area contributed by atoms with Crippen molar-refractivity contribution >= 4 is 0 Å². The molecule has 3 nitrogen and oxygen atoms in total. The summed E-state index contributed by atoms with van der Waals surface area (Å²) < 4.78 is 0. The molecule has 0 saturated heterocycles. The number of hydrogen-bond donors (Lipinski definition) is 0. The summed E-state index contributed by atoms with van der Waals surface area (Å²) in [6, 6.07) is 0. The minimum absolute atomic E-state index is 0. The van der Waals surface area contributed by atoms with Crippen molar-refractivity contribution in [2.45, 2.75) is 0 Å². The monoisotopic (exact) mass is 348 g/mol. The van der Waals surface area contributed by atoms with Gasteiger partial charge in [0.1, 0.15) is 0 Å². The average molecular weight is 348 g/mol. The maximum atomic E-state index is 0. The first-order chi connectivity index (χ1) is 0. The van der Waals surface area contributed by atoms with Gasteiger partial charge in [0.15, 0.2) is 0 Å². The molecule has 0 aromatic rings. The zero-order valence-corrected chi connectivity index (χ0v) is 8.91. The summed E-state index contributed by atoms with van der Waals surface area (Å²) in [5.74, 6) is 0. The molecule has 6 heavy (non-hydrogen) atoms. The standard InChI is InChI=1S/2Ce.FH.3O/h;;1H;;;/q2*+3;;3*-2. The van der Waals surface area contributed by atoms with E-state index in [1.54, 1.807) is 0 Å². The van der Waals surface area contributed by atoms with Crippen molar-refractivity contribution in [1.29, 1.82) is 0 Å². The molecule has 0 amide bonds. The Bertz CT molecular complexity index is 8.75. The number of hydrogen-bond acceptors (Lipinski definition) is 0. The van der Waals surface area contributed by atoms with E-state index in [0.29, 0.717) is 0 Å². The quantitative estimate of drug-likeness (QED) is 0.581. The maximum absolute atomic E-state index is 0. The Morgan fingerprint density at radius 2 is 0.500 bits per heavy atom. The van der Waals surface area contributed by atoms with E-state index in [-0.39, 0.29) is 105 Å². The zero-order valence-electron chi connectivity index (χ0n) is 2.63. The summed E-state index contributed by atoms with van der Waals surface area (Å²) in [4.78, 5) is 0. The Morgan fingerprint density at radius 1 is 0.500 bits per heavy atom. The molecule has 0 fully saturated rings. The van der Waals surface area contributed by atoms with Gasteiger partial charge in [-0.3, -0.25) is 4.70 Å². The molecule has 0 atom stereocenters. The number of rotatable bonds is 0. The molecule has 0 unspecified atom stereocenters. The van der Waals surface area contributed by atoms with Gasteiger partial charge in [-0.2, -0.15) is 0 Å². The Labute approximate surface area is 102 Å². The summed E-state index contributed by atoms with van der Waals surface area (Å²) in [5, 5.41) is 0. The third-order valence-corrected chi connectivity index (χ3v) is 0. The first-order valence-corrected chi connectivity index (χ1v) is 0. The van der Waals surface area contributed by atoms with Crippen molar-refractivity contribution in [3.63, 3.8) is 0 Å². The second-order valence-electron chi connectivity index (χ2n) is 0. The number of halogens is 1. The van der Waals surface area contributed by atoms with E-state index in [4.69, 9.17) is 0 Å². The summed E-state index contributed by atoms with van der Waals surface area (Å²) in [7, 11) is 0. The van der Waals surface area contributed by atoms with Crippen LogP contribution in [0, 0.1) is 83.5 Å². The van der Waals surface area contributed by atoms with Crippen LogP contribution in [0.5, 0.6) is 0 Å². The van der Waals surface area contributed by atoms with Gasteiger partial charge >= 0.3 is 83.5 Å². The van der Waals surface area contributed by atoms with E-state index in [1.807, 2.05) is 0 Å². The third kappa shape index (κ3) is 30.9. The molecule has 0 spiro atoms. The van der Waals surface area contributed by atoms with Gasteiger partial charge in [-0.15, -0.1) is 0 Å². The van der Waals surface area contributed by atoms with Crippen LogP contribution in [-0.2, 0) is 16.4 Å². The Hall–Kier alpha value is 2.56. The van der Waals surface area contributed by atoms with Crippen LogP contribution in [-0.4, -0.2) is 0 Å². The van der Waals surface area contributed by atoms with E-state index in [2.05, 4.69) is 0 Å². The molecule has 0 bridgehead atoms. The van der Waals surface area contributed by atoms with Crippen LogP contribution in [0.3, 0.4) is 0 Å². The van der Waals surface area contributed by atoms with Crippen LogP contribution in [0.4, 0.5) is 4.70 Å². The molecule has 0 saturated carbocycles. The molecule has 0 aromatic heterocycles. The third-order valence-electron chi connectivity index (χ3n) is 0. The van der Waals surface area contributed by atoms with Crippen molar-refractivity contribution in [2.24, 2.45) is 0 Å². The van der Waals surface area contributed by atoms with Gasteiger partial charge in [-0.25, -0.2) is 0 Å². The molecule has 6 heteroatoms. The summed E-state index contributed by atoms with van der Waals surface area (Å²) in [5.41, 5.74) is 0. The smallest absolute Gasteiger partial charge is 2.00 e. The topological polar surface area (TPSA) is 85.5 Å². The fourth-order valence-corrected chi connectivity index (χ4v) is 0. The first kappa shape index (κ1) is 74.6. The van der Waals surface area contributed by atoms with Gasteiger partial charge in [0.05, 0.1) is 0 Å². The predicted molar refractivity (Wildman–Crippen MR) is 4.56 cm³/mol. The summed E-state index contributed by atoms with van der Waals surface area (Å²) in [6.45, 7) is 0. The molecule has 0 rings (SSSR count). The molecule has 0 aliphatic rings. The van der Waals surface area contributed by atoms with Gasteiger partial charge in [0.25, 0.3) is 0 Å². The summed E-state index contributed by atoms with van der Waals surface area (Å²) in [6.07, 6.45) is 0. The second kappa shape index (κ2) is 49.6. The Morgan fingerprint density at radius 3 is 0.500 bits per heavy atom. The Kier molecular flexibility index (Phi) is 616. The van der Waals surface area contributed by atoms with Crippen LogP contribution < -0.4 is 0 Å². The van der Waals surface area contributed by atoms with E-state index >= 15 is 0 Å². The first-order valence-electron chi connectivity index (χ1n) is 0. The predicted octanol–water partition coefficient (Wildman–Crippen LogP) is -0.204. The van der Waals surface area contributed by atoms with E-state index in [1.165, 1.54) is 0 Å².